The summed E-state index contributed by atoms with van der Waals surface area (Å²) < 4.78 is 5.54. The molecular weight excluding hydrogens is 368 g/mol. The van der Waals surface area contributed by atoms with Gasteiger partial charge >= 0.3 is 0 Å². The maximum atomic E-state index is 12.7. The summed E-state index contributed by atoms with van der Waals surface area (Å²) in [6.45, 7) is 7.04. The third-order valence-corrected chi connectivity index (χ3v) is 5.03. The van der Waals surface area contributed by atoms with Crippen LogP contribution in [0.4, 0.5) is 11.5 Å². The highest BCUT2D eigenvalue weighted by Gasteiger charge is 2.19. The van der Waals surface area contributed by atoms with Crippen molar-refractivity contribution < 1.29 is 14.3 Å². The van der Waals surface area contributed by atoms with Crippen molar-refractivity contribution in [3.63, 3.8) is 0 Å². The molecule has 1 saturated heterocycles. The predicted molar refractivity (Wildman–Crippen MR) is 114 cm³/mol. The molecule has 2 aromatic rings. The first-order valence-electron chi connectivity index (χ1n) is 10.1. The van der Waals surface area contributed by atoms with E-state index >= 15 is 0 Å². The van der Waals surface area contributed by atoms with Gasteiger partial charge in [-0.1, -0.05) is 12.1 Å². The number of ether oxygens (including phenoxy) is 1. The molecule has 1 fully saturated rings. The van der Waals surface area contributed by atoms with Crippen LogP contribution in [0.1, 0.15) is 47.4 Å². The number of hydrogen-bond acceptors (Lipinski definition) is 5. The lowest BCUT2D eigenvalue weighted by molar-refractivity contribution is 0.0858. The van der Waals surface area contributed by atoms with E-state index in [1.807, 2.05) is 6.07 Å². The summed E-state index contributed by atoms with van der Waals surface area (Å²) in [5.41, 5.74) is 1.33. The van der Waals surface area contributed by atoms with E-state index in [1.165, 1.54) is 0 Å². The van der Waals surface area contributed by atoms with Crippen molar-refractivity contribution in [1.29, 1.82) is 0 Å². The molecule has 0 aliphatic carbocycles. The van der Waals surface area contributed by atoms with Crippen molar-refractivity contribution >= 4 is 23.3 Å². The Morgan fingerprint density at radius 1 is 1.14 bits per heavy atom. The van der Waals surface area contributed by atoms with Crippen LogP contribution < -0.4 is 15.5 Å². The predicted octanol–water partition coefficient (Wildman–Crippen LogP) is 3.09. The zero-order valence-corrected chi connectivity index (χ0v) is 17.0. The Morgan fingerprint density at radius 2 is 1.93 bits per heavy atom. The molecular formula is C22H28N4O3. The Kier molecular flexibility index (Phi) is 7.19. The average Bonchev–Trinajstić information content (AvgIpc) is 3.27. The van der Waals surface area contributed by atoms with E-state index in [0.29, 0.717) is 23.4 Å². The molecule has 0 bridgehead atoms. The molecule has 1 aromatic carbocycles. The smallest absolute Gasteiger partial charge is 0.257 e. The Labute approximate surface area is 171 Å². The van der Waals surface area contributed by atoms with Gasteiger partial charge in [0.05, 0.1) is 22.9 Å². The average molecular weight is 396 g/mol. The van der Waals surface area contributed by atoms with E-state index in [2.05, 4.69) is 34.4 Å². The zero-order valence-electron chi connectivity index (χ0n) is 17.0. The first-order valence-corrected chi connectivity index (χ1v) is 10.1. The highest BCUT2D eigenvalue weighted by Crippen LogP contribution is 2.18. The van der Waals surface area contributed by atoms with Crippen molar-refractivity contribution in [2.75, 3.05) is 36.5 Å². The van der Waals surface area contributed by atoms with Crippen LogP contribution in [0.5, 0.6) is 0 Å². The largest absolute Gasteiger partial charge is 0.376 e. The van der Waals surface area contributed by atoms with Gasteiger partial charge in [0.2, 0.25) is 0 Å². The molecule has 0 spiro atoms. The van der Waals surface area contributed by atoms with E-state index in [1.54, 1.807) is 36.5 Å². The molecule has 1 aromatic heterocycles. The van der Waals surface area contributed by atoms with Crippen LogP contribution in [0.25, 0.3) is 0 Å². The van der Waals surface area contributed by atoms with Crippen molar-refractivity contribution in [1.82, 2.24) is 10.3 Å². The summed E-state index contributed by atoms with van der Waals surface area (Å²) in [6, 6.07) is 10.6. The Balaban J connectivity index is 1.66. The maximum Gasteiger partial charge on any atom is 0.257 e. The molecule has 7 nitrogen and oxygen atoms in total. The van der Waals surface area contributed by atoms with Crippen LogP contribution in [0.2, 0.25) is 0 Å². The third-order valence-electron chi connectivity index (χ3n) is 5.03. The second kappa shape index (κ2) is 10.0. The SMILES string of the molecule is CCN(CC)c1ccc(C(=O)Nc2ccccc2C(=O)NCC2CCCO2)cn1. The fourth-order valence-electron chi connectivity index (χ4n) is 3.35. The van der Waals surface area contributed by atoms with Gasteiger partial charge in [0.25, 0.3) is 11.8 Å². The quantitative estimate of drug-likeness (QED) is 0.716. The molecule has 2 N–H and O–H groups in total. The van der Waals surface area contributed by atoms with Gasteiger partial charge in [0.15, 0.2) is 0 Å². The van der Waals surface area contributed by atoms with Crippen LogP contribution >= 0.6 is 0 Å². The fraction of sp³-hybridized carbons (Fsp3) is 0.409. The van der Waals surface area contributed by atoms with Gasteiger partial charge in [-0.05, 0) is 51.0 Å². The summed E-state index contributed by atoms with van der Waals surface area (Å²) in [7, 11) is 0. The number of pyridine rings is 1. The van der Waals surface area contributed by atoms with Gasteiger partial charge in [0.1, 0.15) is 5.82 Å². The lowest BCUT2D eigenvalue weighted by Gasteiger charge is -2.19. The lowest BCUT2D eigenvalue weighted by Crippen LogP contribution is -2.32. The zero-order chi connectivity index (χ0) is 20.6. The van der Waals surface area contributed by atoms with Gasteiger partial charge < -0.3 is 20.3 Å². The Hall–Kier alpha value is -2.93. The van der Waals surface area contributed by atoms with E-state index in [0.717, 1.165) is 38.4 Å². The number of carbonyl (C=O) groups is 2. The van der Waals surface area contributed by atoms with Gasteiger partial charge in [0, 0.05) is 32.4 Å². The van der Waals surface area contributed by atoms with Crippen molar-refractivity contribution in [3.05, 3.63) is 53.7 Å². The molecule has 3 rings (SSSR count). The second-order valence-electron chi connectivity index (χ2n) is 6.92. The highest BCUT2D eigenvalue weighted by atomic mass is 16.5. The monoisotopic (exact) mass is 396 g/mol. The first-order chi connectivity index (χ1) is 14.1. The summed E-state index contributed by atoms with van der Waals surface area (Å²) in [5.74, 6) is 0.301. The summed E-state index contributed by atoms with van der Waals surface area (Å²) in [5, 5.41) is 5.72. The molecule has 29 heavy (non-hydrogen) atoms. The summed E-state index contributed by atoms with van der Waals surface area (Å²) in [4.78, 5) is 31.7. The topological polar surface area (TPSA) is 83.6 Å². The van der Waals surface area contributed by atoms with E-state index in [4.69, 9.17) is 4.74 Å². The second-order valence-corrected chi connectivity index (χ2v) is 6.92. The Morgan fingerprint density at radius 3 is 2.59 bits per heavy atom. The van der Waals surface area contributed by atoms with E-state index in [9.17, 15) is 9.59 Å². The number of amides is 2. The fourth-order valence-corrected chi connectivity index (χ4v) is 3.35. The number of rotatable bonds is 8. The van der Waals surface area contributed by atoms with Gasteiger partial charge in [-0.2, -0.15) is 0 Å². The van der Waals surface area contributed by atoms with Crippen LogP contribution in [0, 0.1) is 0 Å². The molecule has 154 valence electrons. The number of para-hydroxylation sites is 1. The van der Waals surface area contributed by atoms with Crippen molar-refractivity contribution in [3.8, 4) is 0 Å². The number of nitrogens with one attached hydrogen (secondary N) is 2. The summed E-state index contributed by atoms with van der Waals surface area (Å²) in [6.07, 6.45) is 3.60. The number of benzene rings is 1. The third kappa shape index (κ3) is 5.32. The van der Waals surface area contributed by atoms with Crippen molar-refractivity contribution in [2.24, 2.45) is 0 Å². The molecule has 0 radical (unpaired) electrons. The first kappa shape index (κ1) is 20.8. The van der Waals surface area contributed by atoms with Gasteiger partial charge in [-0.15, -0.1) is 0 Å². The van der Waals surface area contributed by atoms with Crippen molar-refractivity contribution in [2.45, 2.75) is 32.8 Å². The number of hydrogen-bond donors (Lipinski definition) is 2. The Bertz CT molecular complexity index is 828. The molecule has 1 atom stereocenters. The highest BCUT2D eigenvalue weighted by molar-refractivity contribution is 6.08. The summed E-state index contributed by atoms with van der Waals surface area (Å²) >= 11 is 0. The van der Waals surface area contributed by atoms with Crippen LogP contribution in [-0.2, 0) is 4.74 Å². The molecule has 1 unspecified atom stereocenters. The molecule has 0 saturated carbocycles. The number of aromatic nitrogens is 1. The number of carbonyl (C=O) groups excluding carboxylic acids is 2. The van der Waals surface area contributed by atoms with Crippen LogP contribution in [0.3, 0.4) is 0 Å². The van der Waals surface area contributed by atoms with Crippen LogP contribution in [0.15, 0.2) is 42.6 Å². The lowest BCUT2D eigenvalue weighted by atomic mass is 10.1. The standard InChI is InChI=1S/C22H28N4O3/c1-3-26(4-2)20-12-11-16(14-23-20)21(27)25-19-10-6-5-9-18(19)22(28)24-15-17-8-7-13-29-17/h5-6,9-12,14,17H,3-4,7-8,13,15H2,1-2H3,(H,24,28)(H,25,27). The minimum absolute atomic E-state index is 0.0658. The van der Waals surface area contributed by atoms with E-state index < -0.39 is 0 Å². The van der Waals surface area contributed by atoms with Crippen LogP contribution in [-0.4, -0.2) is 49.1 Å². The molecule has 2 heterocycles. The number of nitrogens with zero attached hydrogens (tertiary/aromatic N) is 2. The maximum absolute atomic E-state index is 12.7. The normalized spacial score (nSPS) is 15.7. The minimum atomic E-state index is -0.303. The molecule has 1 aliphatic heterocycles. The molecule has 7 heteroatoms. The molecule has 2 amide bonds. The van der Waals surface area contributed by atoms with Gasteiger partial charge in [-0.25, -0.2) is 4.98 Å². The van der Waals surface area contributed by atoms with Gasteiger partial charge in [-0.3, -0.25) is 9.59 Å². The number of anilines is 2. The minimum Gasteiger partial charge on any atom is -0.376 e. The molecule has 1 aliphatic rings. The van der Waals surface area contributed by atoms with E-state index in [-0.39, 0.29) is 17.9 Å².